The molecule has 0 amide bonds. The van der Waals surface area contributed by atoms with E-state index in [1.165, 1.54) is 24.3 Å². The highest BCUT2D eigenvalue weighted by molar-refractivity contribution is 7.80. The average Bonchev–Trinajstić information content (AvgIpc) is 2.84. The highest BCUT2D eigenvalue weighted by Crippen LogP contribution is 2.25. The molecule has 1 aromatic carbocycles. The van der Waals surface area contributed by atoms with Gasteiger partial charge in [-0.25, -0.2) is 4.98 Å². The maximum absolute atomic E-state index is 12.3. The highest BCUT2D eigenvalue weighted by atomic mass is 32.1. The molecule has 4 rings (SSSR count). The van der Waals surface area contributed by atoms with E-state index in [0.717, 1.165) is 43.0 Å². The van der Waals surface area contributed by atoms with Crippen molar-refractivity contribution in [3.8, 4) is 11.5 Å². The Hall–Kier alpha value is -3.60. The van der Waals surface area contributed by atoms with Crippen LogP contribution in [-0.2, 0) is 6.61 Å². The zero-order valence-electron chi connectivity index (χ0n) is 18.7. The van der Waals surface area contributed by atoms with Gasteiger partial charge in [0.2, 0.25) is 0 Å². The average molecular weight is 504 g/mol. The molecule has 7 nitrogen and oxygen atoms in total. The van der Waals surface area contributed by atoms with Crippen LogP contribution in [-0.4, -0.2) is 40.6 Å². The molecule has 0 spiro atoms. The Morgan fingerprint density at radius 2 is 1.83 bits per heavy atom. The smallest absolute Gasteiger partial charge is 0.489 e. The number of hydrogen-bond donors (Lipinski definition) is 2. The van der Waals surface area contributed by atoms with Crippen molar-refractivity contribution in [2.75, 3.05) is 23.3 Å². The lowest BCUT2D eigenvalue weighted by atomic mass is 10.1. The Labute approximate surface area is 206 Å². The lowest BCUT2D eigenvalue weighted by Gasteiger charge is -2.33. The number of nitrogens with zero attached hydrogens (tertiary/aromatic N) is 3. The molecule has 184 valence electrons. The van der Waals surface area contributed by atoms with Crippen LogP contribution in [0.4, 0.5) is 24.7 Å². The van der Waals surface area contributed by atoms with Gasteiger partial charge in [-0.3, -0.25) is 4.98 Å². The number of anilines is 2. The highest BCUT2D eigenvalue weighted by Gasteiger charge is 2.31. The maximum atomic E-state index is 12.3. The first kappa shape index (κ1) is 24.5. The van der Waals surface area contributed by atoms with Crippen LogP contribution in [0.5, 0.6) is 11.5 Å². The molecule has 35 heavy (non-hydrogen) atoms. The minimum atomic E-state index is -4.71. The Bertz CT molecular complexity index is 1110. The van der Waals surface area contributed by atoms with E-state index in [1.807, 2.05) is 18.2 Å². The van der Waals surface area contributed by atoms with E-state index in [-0.39, 0.29) is 18.4 Å². The third-order valence-corrected chi connectivity index (χ3v) is 5.57. The second kappa shape index (κ2) is 11.2. The number of halogens is 3. The van der Waals surface area contributed by atoms with Crippen LogP contribution in [0.3, 0.4) is 0 Å². The molecule has 2 N–H and O–H groups in total. The minimum absolute atomic E-state index is 0.211. The number of thiocarbonyl (C=S) groups is 1. The fourth-order valence-electron chi connectivity index (χ4n) is 3.66. The molecular weight excluding hydrogens is 479 g/mol. The SMILES string of the molecule is FC(F)(F)Oc1ccc(COc2ccnc(N3CCC(NC(=S)Nc4cccnc4)CC3)c2)cc1. The van der Waals surface area contributed by atoms with Crippen LogP contribution >= 0.6 is 12.2 Å². The summed E-state index contributed by atoms with van der Waals surface area (Å²) in [4.78, 5) is 10.7. The quantitative estimate of drug-likeness (QED) is 0.441. The summed E-state index contributed by atoms with van der Waals surface area (Å²) in [6.45, 7) is 1.83. The molecule has 1 aliphatic rings. The number of piperidine rings is 1. The standard InChI is InChI=1S/C24H24F3N5O2S/c25-24(26,27)34-20-5-3-17(4-6-20)16-33-21-7-11-29-22(14-21)32-12-8-18(9-13-32)30-23(35)31-19-2-1-10-28-15-19/h1-7,10-11,14-15,18H,8-9,12-13,16H2,(H2,30,31,35). The van der Waals surface area contributed by atoms with E-state index in [4.69, 9.17) is 17.0 Å². The van der Waals surface area contributed by atoms with Gasteiger partial charge in [0.15, 0.2) is 5.11 Å². The summed E-state index contributed by atoms with van der Waals surface area (Å²) in [5.74, 6) is 1.18. The Kier molecular flexibility index (Phi) is 7.86. The molecule has 3 heterocycles. The fraction of sp³-hybridized carbons (Fsp3) is 0.292. The summed E-state index contributed by atoms with van der Waals surface area (Å²) in [5, 5.41) is 7.07. The predicted octanol–water partition coefficient (Wildman–Crippen LogP) is 4.91. The number of aromatic nitrogens is 2. The van der Waals surface area contributed by atoms with Crippen molar-refractivity contribution >= 4 is 28.8 Å². The number of ether oxygens (including phenoxy) is 2. The van der Waals surface area contributed by atoms with Crippen molar-refractivity contribution in [1.82, 2.24) is 15.3 Å². The summed E-state index contributed by atoms with van der Waals surface area (Å²) in [6, 6.07) is 13.2. The second-order valence-corrected chi connectivity index (χ2v) is 8.34. The molecule has 1 fully saturated rings. The molecule has 1 aliphatic heterocycles. The number of alkyl halides is 3. The van der Waals surface area contributed by atoms with Crippen molar-refractivity contribution in [3.63, 3.8) is 0 Å². The molecule has 1 saturated heterocycles. The van der Waals surface area contributed by atoms with Gasteiger partial charge in [0.25, 0.3) is 0 Å². The third-order valence-electron chi connectivity index (χ3n) is 5.35. The summed E-state index contributed by atoms with van der Waals surface area (Å²) in [5.41, 5.74) is 1.56. The lowest BCUT2D eigenvalue weighted by Crippen LogP contribution is -2.46. The van der Waals surface area contributed by atoms with E-state index in [9.17, 15) is 13.2 Å². The van der Waals surface area contributed by atoms with Gasteiger partial charge in [-0.15, -0.1) is 13.2 Å². The monoisotopic (exact) mass is 503 g/mol. The maximum Gasteiger partial charge on any atom is 0.573 e. The van der Waals surface area contributed by atoms with Gasteiger partial charge >= 0.3 is 6.36 Å². The predicted molar refractivity (Wildman–Crippen MR) is 131 cm³/mol. The van der Waals surface area contributed by atoms with Gasteiger partial charge in [-0.05, 0) is 61.0 Å². The molecule has 0 radical (unpaired) electrons. The zero-order valence-corrected chi connectivity index (χ0v) is 19.5. The normalized spacial score (nSPS) is 14.3. The van der Waals surface area contributed by atoms with E-state index >= 15 is 0 Å². The van der Waals surface area contributed by atoms with Gasteiger partial charge < -0.3 is 25.0 Å². The molecule has 0 saturated carbocycles. The molecular formula is C24H24F3N5O2S. The van der Waals surface area contributed by atoms with E-state index in [1.54, 1.807) is 24.7 Å². The van der Waals surface area contributed by atoms with Gasteiger partial charge in [-0.1, -0.05) is 12.1 Å². The molecule has 2 aromatic heterocycles. The van der Waals surface area contributed by atoms with Crippen molar-refractivity contribution in [1.29, 1.82) is 0 Å². The summed E-state index contributed by atoms with van der Waals surface area (Å²) >= 11 is 5.41. The van der Waals surface area contributed by atoms with Gasteiger partial charge in [-0.2, -0.15) is 0 Å². The number of pyridine rings is 2. The van der Waals surface area contributed by atoms with Gasteiger partial charge in [0.1, 0.15) is 23.9 Å². The number of rotatable bonds is 7. The minimum Gasteiger partial charge on any atom is -0.489 e. The lowest BCUT2D eigenvalue weighted by molar-refractivity contribution is -0.274. The van der Waals surface area contributed by atoms with Crippen LogP contribution in [0, 0.1) is 0 Å². The van der Waals surface area contributed by atoms with Crippen LogP contribution in [0.15, 0.2) is 67.1 Å². The van der Waals surface area contributed by atoms with E-state index < -0.39 is 6.36 Å². The van der Waals surface area contributed by atoms with Crippen molar-refractivity contribution < 1.29 is 22.6 Å². The molecule has 0 atom stereocenters. The largest absolute Gasteiger partial charge is 0.573 e. The van der Waals surface area contributed by atoms with E-state index in [2.05, 4.69) is 30.2 Å². The number of nitrogens with one attached hydrogen (secondary N) is 2. The van der Waals surface area contributed by atoms with Crippen molar-refractivity contribution in [3.05, 3.63) is 72.7 Å². The molecule has 0 aliphatic carbocycles. The first-order chi connectivity index (χ1) is 16.8. The Balaban J connectivity index is 1.24. The first-order valence-electron chi connectivity index (χ1n) is 11.0. The Morgan fingerprint density at radius 3 is 2.51 bits per heavy atom. The van der Waals surface area contributed by atoms with Gasteiger partial charge in [0.05, 0.1) is 11.9 Å². The molecule has 0 unspecified atom stereocenters. The van der Waals surface area contributed by atoms with Gasteiger partial charge in [0, 0.05) is 37.6 Å². The summed E-state index contributed by atoms with van der Waals surface area (Å²) in [7, 11) is 0. The fourth-order valence-corrected chi connectivity index (χ4v) is 3.94. The molecule has 3 aromatic rings. The van der Waals surface area contributed by atoms with Crippen LogP contribution in [0.25, 0.3) is 0 Å². The van der Waals surface area contributed by atoms with Crippen LogP contribution in [0.2, 0.25) is 0 Å². The van der Waals surface area contributed by atoms with Crippen molar-refractivity contribution in [2.45, 2.75) is 31.9 Å². The molecule has 11 heteroatoms. The topological polar surface area (TPSA) is 71.5 Å². The third kappa shape index (κ3) is 7.71. The summed E-state index contributed by atoms with van der Waals surface area (Å²) in [6.07, 6.45) is 2.19. The Morgan fingerprint density at radius 1 is 1.06 bits per heavy atom. The second-order valence-electron chi connectivity index (χ2n) is 7.93. The number of benzene rings is 1. The summed E-state index contributed by atoms with van der Waals surface area (Å²) < 4.78 is 46.6. The zero-order chi connectivity index (χ0) is 24.7. The van der Waals surface area contributed by atoms with Crippen LogP contribution in [0.1, 0.15) is 18.4 Å². The van der Waals surface area contributed by atoms with Crippen molar-refractivity contribution in [2.24, 2.45) is 0 Å². The first-order valence-corrected chi connectivity index (χ1v) is 11.4. The molecule has 0 bridgehead atoms. The number of hydrogen-bond acceptors (Lipinski definition) is 6. The van der Waals surface area contributed by atoms with Crippen LogP contribution < -0.4 is 25.0 Å². The van der Waals surface area contributed by atoms with E-state index in [0.29, 0.717) is 10.9 Å².